The molecule has 2 heterocycles. The molecule has 0 spiro atoms. The Morgan fingerprint density at radius 2 is 2.12 bits per heavy atom. The van der Waals surface area contributed by atoms with Crippen molar-refractivity contribution in [3.05, 3.63) is 27.1 Å². The molecule has 86 valence electrons. The van der Waals surface area contributed by atoms with E-state index >= 15 is 0 Å². The highest BCUT2D eigenvalue weighted by Gasteiger charge is 2.14. The molecule has 0 saturated carbocycles. The number of hydrogen-bond acceptors (Lipinski definition) is 3. The van der Waals surface area contributed by atoms with Crippen molar-refractivity contribution in [2.24, 2.45) is 0 Å². The van der Waals surface area contributed by atoms with Crippen molar-refractivity contribution < 1.29 is 0 Å². The summed E-state index contributed by atoms with van der Waals surface area (Å²) in [6, 6.07) is 0. The van der Waals surface area contributed by atoms with E-state index in [1.165, 1.54) is 11.3 Å². The minimum absolute atomic E-state index is 0.0857. The maximum Gasteiger partial charge on any atom is 0.259 e. The number of thiophene rings is 1. The second-order valence-corrected chi connectivity index (χ2v) is 5.61. The van der Waals surface area contributed by atoms with Crippen LogP contribution in [0.5, 0.6) is 0 Å². The van der Waals surface area contributed by atoms with Crippen LogP contribution in [0.4, 0.5) is 0 Å². The highest BCUT2D eigenvalue weighted by molar-refractivity contribution is 7.16. The predicted octanol–water partition coefficient (Wildman–Crippen LogP) is 3.41. The molecular weight excluding hydrogens is 244 g/mol. The van der Waals surface area contributed by atoms with Gasteiger partial charge in [0.1, 0.15) is 10.7 Å². The van der Waals surface area contributed by atoms with Crippen molar-refractivity contribution in [1.29, 1.82) is 0 Å². The van der Waals surface area contributed by atoms with Gasteiger partial charge in [0, 0.05) is 0 Å². The van der Waals surface area contributed by atoms with E-state index in [-0.39, 0.29) is 10.9 Å². The summed E-state index contributed by atoms with van der Waals surface area (Å²) in [5, 5.41) is 2.43. The van der Waals surface area contributed by atoms with Crippen molar-refractivity contribution in [3.63, 3.8) is 0 Å². The Labute approximate surface area is 102 Å². The summed E-state index contributed by atoms with van der Waals surface area (Å²) in [5.41, 5.74) is 0.972. The second-order valence-electron chi connectivity index (χ2n) is 4.09. The molecule has 2 rings (SSSR count). The van der Waals surface area contributed by atoms with Gasteiger partial charge in [-0.3, -0.25) is 4.79 Å². The molecule has 1 unspecified atom stereocenters. The fraction of sp³-hybridized carbons (Fsp3) is 0.455. The van der Waals surface area contributed by atoms with Gasteiger partial charge < -0.3 is 4.98 Å². The van der Waals surface area contributed by atoms with Gasteiger partial charge in [-0.1, -0.05) is 13.8 Å². The summed E-state index contributed by atoms with van der Waals surface area (Å²) >= 11 is 7.42. The number of hydrogen-bond donors (Lipinski definition) is 1. The number of fused-ring (bicyclic) bond motifs is 1. The SMILES string of the molecule is CC(C)c1csc2nc(C(C)Cl)[nH]c(=O)c12. The number of rotatable bonds is 2. The van der Waals surface area contributed by atoms with Crippen LogP contribution in [-0.2, 0) is 0 Å². The van der Waals surface area contributed by atoms with E-state index in [0.29, 0.717) is 17.1 Å². The highest BCUT2D eigenvalue weighted by Crippen LogP contribution is 2.28. The largest absolute Gasteiger partial charge is 0.309 e. The Balaban J connectivity index is 2.74. The Bertz CT molecular complexity index is 571. The lowest BCUT2D eigenvalue weighted by atomic mass is 10.0. The molecule has 1 N–H and O–H groups in total. The standard InChI is InChI=1S/C11H13ClN2OS/c1-5(2)7-4-16-11-8(7)10(15)13-9(14-11)6(3)12/h4-6H,1-3H3,(H,13,14,15). The third-order valence-electron chi connectivity index (χ3n) is 2.49. The lowest BCUT2D eigenvalue weighted by Crippen LogP contribution is -2.12. The first-order valence-corrected chi connectivity index (χ1v) is 6.47. The van der Waals surface area contributed by atoms with Crippen LogP contribution in [0, 0.1) is 0 Å². The number of aromatic amines is 1. The van der Waals surface area contributed by atoms with E-state index in [0.717, 1.165) is 10.4 Å². The van der Waals surface area contributed by atoms with Gasteiger partial charge in [0.05, 0.1) is 10.8 Å². The molecule has 0 aliphatic heterocycles. The number of nitrogens with one attached hydrogen (secondary N) is 1. The monoisotopic (exact) mass is 256 g/mol. The van der Waals surface area contributed by atoms with Crippen molar-refractivity contribution in [1.82, 2.24) is 9.97 Å². The highest BCUT2D eigenvalue weighted by atomic mass is 35.5. The minimum atomic E-state index is -0.276. The molecule has 0 aliphatic carbocycles. The Kier molecular flexibility index (Phi) is 3.04. The molecule has 3 nitrogen and oxygen atoms in total. The van der Waals surface area contributed by atoms with Gasteiger partial charge in [-0.25, -0.2) is 4.98 Å². The first kappa shape index (κ1) is 11.6. The number of aromatic nitrogens is 2. The van der Waals surface area contributed by atoms with Crippen LogP contribution in [0.1, 0.15) is 43.5 Å². The third-order valence-corrected chi connectivity index (χ3v) is 3.59. The van der Waals surface area contributed by atoms with E-state index in [1.807, 2.05) is 5.38 Å². The molecule has 0 aliphatic rings. The molecule has 5 heteroatoms. The Morgan fingerprint density at radius 3 is 2.69 bits per heavy atom. The van der Waals surface area contributed by atoms with Crippen LogP contribution < -0.4 is 5.56 Å². The summed E-state index contributed by atoms with van der Waals surface area (Å²) in [6.45, 7) is 5.93. The normalized spacial score (nSPS) is 13.6. The van der Waals surface area contributed by atoms with E-state index in [4.69, 9.17) is 11.6 Å². The zero-order valence-electron chi connectivity index (χ0n) is 9.37. The molecular formula is C11H13ClN2OS. The second kappa shape index (κ2) is 4.18. The van der Waals surface area contributed by atoms with Crippen LogP contribution in [0.25, 0.3) is 10.2 Å². The molecule has 1 atom stereocenters. The van der Waals surface area contributed by atoms with Gasteiger partial charge in [-0.2, -0.15) is 0 Å². The number of alkyl halides is 1. The minimum Gasteiger partial charge on any atom is -0.309 e. The molecule has 0 bridgehead atoms. The van der Waals surface area contributed by atoms with Crippen LogP contribution in [0.3, 0.4) is 0 Å². The summed E-state index contributed by atoms with van der Waals surface area (Å²) in [5.74, 6) is 0.868. The lowest BCUT2D eigenvalue weighted by Gasteiger charge is -2.04. The Hall–Kier alpha value is -0.870. The molecule has 0 saturated heterocycles. The zero-order chi connectivity index (χ0) is 11.9. The molecule has 0 amide bonds. The van der Waals surface area contributed by atoms with E-state index in [1.54, 1.807) is 6.92 Å². The summed E-state index contributed by atoms with van der Waals surface area (Å²) in [7, 11) is 0. The van der Waals surface area contributed by atoms with Crippen molar-refractivity contribution in [2.75, 3.05) is 0 Å². The van der Waals surface area contributed by atoms with Crippen LogP contribution in [0.2, 0.25) is 0 Å². The first-order chi connectivity index (χ1) is 7.50. The number of H-pyrrole nitrogens is 1. The van der Waals surface area contributed by atoms with Gasteiger partial charge in [0.2, 0.25) is 0 Å². The topological polar surface area (TPSA) is 45.8 Å². The van der Waals surface area contributed by atoms with Gasteiger partial charge in [0.15, 0.2) is 0 Å². The van der Waals surface area contributed by atoms with E-state index in [9.17, 15) is 4.79 Å². The summed E-state index contributed by atoms with van der Waals surface area (Å²) in [6.07, 6.45) is 0. The number of halogens is 1. The summed E-state index contributed by atoms with van der Waals surface area (Å²) in [4.78, 5) is 19.8. The molecule has 0 radical (unpaired) electrons. The maximum absolute atomic E-state index is 11.9. The van der Waals surface area contributed by atoms with Gasteiger partial charge in [-0.05, 0) is 23.8 Å². The van der Waals surface area contributed by atoms with Crippen LogP contribution in [-0.4, -0.2) is 9.97 Å². The Morgan fingerprint density at radius 1 is 1.44 bits per heavy atom. The van der Waals surface area contributed by atoms with Gasteiger partial charge in [-0.15, -0.1) is 22.9 Å². The van der Waals surface area contributed by atoms with E-state index in [2.05, 4.69) is 23.8 Å². The number of nitrogens with zero attached hydrogens (tertiary/aromatic N) is 1. The van der Waals surface area contributed by atoms with Crippen molar-refractivity contribution >= 4 is 33.2 Å². The van der Waals surface area contributed by atoms with Gasteiger partial charge >= 0.3 is 0 Å². The lowest BCUT2D eigenvalue weighted by molar-refractivity contribution is 0.873. The maximum atomic E-state index is 11.9. The first-order valence-electron chi connectivity index (χ1n) is 5.16. The average Bonchev–Trinajstić information content (AvgIpc) is 2.61. The third kappa shape index (κ3) is 1.87. The predicted molar refractivity (Wildman–Crippen MR) is 68.6 cm³/mol. The molecule has 16 heavy (non-hydrogen) atoms. The zero-order valence-corrected chi connectivity index (χ0v) is 10.9. The van der Waals surface area contributed by atoms with Crippen LogP contribution in [0.15, 0.2) is 10.2 Å². The summed E-state index contributed by atoms with van der Waals surface area (Å²) < 4.78 is 0. The quantitative estimate of drug-likeness (QED) is 0.837. The van der Waals surface area contributed by atoms with Crippen molar-refractivity contribution in [2.45, 2.75) is 32.1 Å². The molecule has 0 aromatic carbocycles. The van der Waals surface area contributed by atoms with Crippen molar-refractivity contribution in [3.8, 4) is 0 Å². The smallest absolute Gasteiger partial charge is 0.259 e. The molecule has 0 fully saturated rings. The fourth-order valence-corrected chi connectivity index (χ4v) is 2.81. The average molecular weight is 257 g/mol. The molecule has 2 aromatic heterocycles. The fourth-order valence-electron chi connectivity index (χ4n) is 1.60. The van der Waals surface area contributed by atoms with Gasteiger partial charge in [0.25, 0.3) is 5.56 Å². The molecule has 2 aromatic rings. The van der Waals surface area contributed by atoms with Crippen LogP contribution >= 0.6 is 22.9 Å². The van der Waals surface area contributed by atoms with E-state index < -0.39 is 0 Å².